The van der Waals surface area contributed by atoms with Gasteiger partial charge in [-0.05, 0) is 47.5 Å². The first-order chi connectivity index (χ1) is 18.8. The number of aromatic nitrogens is 1. The van der Waals surface area contributed by atoms with E-state index in [0.29, 0.717) is 0 Å². The number of hydrogen-bond acceptors (Lipinski definition) is 1. The Morgan fingerprint density at radius 1 is 0.658 bits per heavy atom. The highest BCUT2D eigenvalue weighted by Crippen LogP contribution is 2.35. The van der Waals surface area contributed by atoms with E-state index in [1.807, 2.05) is 24.3 Å². The Hall–Kier alpha value is -5.08. The summed E-state index contributed by atoms with van der Waals surface area (Å²) < 4.78 is 8.58. The Morgan fingerprint density at radius 2 is 1.39 bits per heavy atom. The van der Waals surface area contributed by atoms with Crippen molar-refractivity contribution in [3.8, 4) is 5.69 Å². The van der Waals surface area contributed by atoms with Gasteiger partial charge in [-0.15, -0.1) is 0 Å². The number of benzene rings is 5. The zero-order chi connectivity index (χ0) is 25.5. The summed E-state index contributed by atoms with van der Waals surface area (Å²) in [6.45, 7) is 4.08. The summed E-state index contributed by atoms with van der Waals surface area (Å²) in [6.07, 6.45) is 8.24. The zero-order valence-corrected chi connectivity index (χ0v) is 20.8. The first-order valence-electron chi connectivity index (χ1n) is 12.8. The molecule has 0 amide bonds. The maximum atomic E-state index is 6.24. The van der Waals surface area contributed by atoms with Crippen LogP contribution in [0.15, 0.2) is 144 Å². The fraction of sp³-hybridized carbons (Fsp3) is 0. The number of hydrogen-bond donors (Lipinski definition) is 0. The third kappa shape index (κ3) is 3.58. The van der Waals surface area contributed by atoms with Crippen molar-refractivity contribution in [2.75, 3.05) is 0 Å². The van der Waals surface area contributed by atoms with Gasteiger partial charge in [0, 0.05) is 32.8 Å². The number of allylic oxidation sites excluding steroid dienone is 4. The van der Waals surface area contributed by atoms with Gasteiger partial charge >= 0.3 is 0 Å². The molecule has 38 heavy (non-hydrogen) atoms. The second-order valence-corrected chi connectivity index (χ2v) is 9.43. The molecule has 0 aliphatic heterocycles. The topological polar surface area (TPSA) is 18.1 Å². The summed E-state index contributed by atoms with van der Waals surface area (Å²) >= 11 is 0. The normalized spacial score (nSPS) is 12.4. The van der Waals surface area contributed by atoms with Crippen LogP contribution in [-0.2, 0) is 0 Å². The van der Waals surface area contributed by atoms with Crippen molar-refractivity contribution >= 4 is 55.4 Å². The summed E-state index contributed by atoms with van der Waals surface area (Å²) in [5, 5.41) is 4.74. The van der Waals surface area contributed by atoms with Gasteiger partial charge < -0.3 is 8.98 Å². The highest BCUT2D eigenvalue weighted by atomic mass is 16.3. The van der Waals surface area contributed by atoms with Gasteiger partial charge in [0.05, 0.1) is 11.0 Å². The molecule has 7 rings (SSSR count). The van der Waals surface area contributed by atoms with Gasteiger partial charge in [0.1, 0.15) is 11.2 Å². The largest absolute Gasteiger partial charge is 0.455 e. The summed E-state index contributed by atoms with van der Waals surface area (Å²) in [4.78, 5) is 0. The summed E-state index contributed by atoms with van der Waals surface area (Å²) in [5.74, 6) is 0. The lowest BCUT2D eigenvalue weighted by atomic mass is 10.0. The van der Waals surface area contributed by atoms with E-state index in [9.17, 15) is 0 Å². The van der Waals surface area contributed by atoms with Crippen molar-refractivity contribution in [1.82, 2.24) is 4.57 Å². The van der Waals surface area contributed by atoms with Crippen LogP contribution in [0.4, 0.5) is 0 Å². The third-order valence-electron chi connectivity index (χ3n) is 7.21. The Morgan fingerprint density at radius 3 is 2.26 bits per heavy atom. The molecule has 2 heterocycles. The van der Waals surface area contributed by atoms with Crippen molar-refractivity contribution in [1.29, 1.82) is 0 Å². The van der Waals surface area contributed by atoms with Crippen LogP contribution in [0.5, 0.6) is 0 Å². The molecule has 0 radical (unpaired) electrons. The van der Waals surface area contributed by atoms with E-state index in [4.69, 9.17) is 4.42 Å². The Balaban J connectivity index is 1.30. The van der Waals surface area contributed by atoms with Crippen molar-refractivity contribution in [2.45, 2.75) is 0 Å². The van der Waals surface area contributed by atoms with Gasteiger partial charge in [-0.1, -0.05) is 110 Å². The van der Waals surface area contributed by atoms with Crippen LogP contribution in [0.25, 0.3) is 61.1 Å². The quantitative estimate of drug-likeness (QED) is 0.221. The number of furan rings is 1. The van der Waals surface area contributed by atoms with Crippen molar-refractivity contribution in [3.63, 3.8) is 0 Å². The third-order valence-corrected chi connectivity index (χ3v) is 7.21. The summed E-state index contributed by atoms with van der Waals surface area (Å²) in [5.41, 5.74) is 8.58. The maximum absolute atomic E-state index is 6.24. The Bertz CT molecular complexity index is 2030. The molecule has 0 saturated carbocycles. The molecular weight excluding hydrogens is 462 g/mol. The van der Waals surface area contributed by atoms with Crippen LogP contribution in [0.1, 0.15) is 11.1 Å². The Labute approximate surface area is 221 Å². The van der Waals surface area contributed by atoms with Crippen LogP contribution in [0.3, 0.4) is 0 Å². The van der Waals surface area contributed by atoms with Gasteiger partial charge in [-0.25, -0.2) is 0 Å². The maximum Gasteiger partial charge on any atom is 0.143 e. The van der Waals surface area contributed by atoms with E-state index < -0.39 is 0 Å². The van der Waals surface area contributed by atoms with Crippen LogP contribution in [0.2, 0.25) is 0 Å². The molecule has 5 aromatic carbocycles. The highest BCUT2D eigenvalue weighted by molar-refractivity contribution is 6.10. The second kappa shape index (κ2) is 9.10. The van der Waals surface area contributed by atoms with E-state index in [-0.39, 0.29) is 0 Å². The van der Waals surface area contributed by atoms with E-state index in [1.165, 1.54) is 27.5 Å². The average molecular weight is 488 g/mol. The number of para-hydroxylation sites is 4. The molecular formula is C36H25NO. The van der Waals surface area contributed by atoms with Crippen molar-refractivity contribution < 1.29 is 4.42 Å². The zero-order valence-electron chi connectivity index (χ0n) is 20.8. The van der Waals surface area contributed by atoms with E-state index in [2.05, 4.69) is 126 Å². The molecule has 0 bridgehead atoms. The predicted octanol–water partition coefficient (Wildman–Crippen LogP) is 9.97. The molecule has 0 aliphatic carbocycles. The molecule has 0 fully saturated rings. The molecule has 0 N–H and O–H groups in total. The van der Waals surface area contributed by atoms with Crippen molar-refractivity contribution in [2.24, 2.45) is 0 Å². The SMILES string of the molecule is C=C/C(=C\C=C\c1ccc2c(c1)c1ccccc1n2-c1ccccc1)c1cccc2c1oc1ccccc12. The predicted molar refractivity (Wildman–Crippen MR) is 162 cm³/mol. The monoisotopic (exact) mass is 487 g/mol. The number of rotatable bonds is 5. The van der Waals surface area contributed by atoms with E-state index in [1.54, 1.807) is 0 Å². The van der Waals surface area contributed by atoms with Crippen LogP contribution < -0.4 is 0 Å². The first-order valence-corrected chi connectivity index (χ1v) is 12.8. The lowest BCUT2D eigenvalue weighted by molar-refractivity contribution is 0.668. The fourth-order valence-corrected chi connectivity index (χ4v) is 5.45. The molecule has 0 spiro atoms. The second-order valence-electron chi connectivity index (χ2n) is 9.43. The minimum absolute atomic E-state index is 0.892. The van der Waals surface area contributed by atoms with Crippen LogP contribution >= 0.6 is 0 Å². The molecule has 0 aliphatic rings. The average Bonchev–Trinajstić information content (AvgIpc) is 3.52. The lowest BCUT2D eigenvalue weighted by Gasteiger charge is -2.07. The molecule has 0 saturated heterocycles. The molecule has 2 heteroatoms. The van der Waals surface area contributed by atoms with Crippen LogP contribution in [-0.4, -0.2) is 4.57 Å². The van der Waals surface area contributed by atoms with E-state index >= 15 is 0 Å². The van der Waals surface area contributed by atoms with Gasteiger partial charge in [0.2, 0.25) is 0 Å². The smallest absolute Gasteiger partial charge is 0.143 e. The van der Waals surface area contributed by atoms with Gasteiger partial charge in [0.15, 0.2) is 0 Å². The highest BCUT2D eigenvalue weighted by Gasteiger charge is 2.13. The molecule has 180 valence electrons. The summed E-state index contributed by atoms with van der Waals surface area (Å²) in [6, 6.07) is 40.3. The fourth-order valence-electron chi connectivity index (χ4n) is 5.45. The summed E-state index contributed by atoms with van der Waals surface area (Å²) in [7, 11) is 0. The molecule has 2 nitrogen and oxygen atoms in total. The molecule has 7 aromatic rings. The van der Waals surface area contributed by atoms with Gasteiger partial charge in [0.25, 0.3) is 0 Å². The van der Waals surface area contributed by atoms with Crippen molar-refractivity contribution in [3.05, 3.63) is 151 Å². The molecule has 0 unspecified atom stereocenters. The lowest BCUT2D eigenvalue weighted by Crippen LogP contribution is -1.92. The molecule has 0 atom stereocenters. The number of nitrogens with zero attached hydrogens (tertiary/aromatic N) is 1. The number of fused-ring (bicyclic) bond motifs is 6. The Kier molecular flexibility index (Phi) is 5.30. The standard InChI is InChI=1S/C36H25NO/c1-2-26(28-18-11-19-31-30-17-7-9-21-35(30)38-36(28)31)13-10-12-25-22-23-34-32(24-25)29-16-6-8-20-33(29)37(34)27-14-4-3-5-15-27/h2-24H,1H2/b12-10+,26-13+. The molecule has 2 aromatic heterocycles. The minimum Gasteiger partial charge on any atom is -0.455 e. The van der Waals surface area contributed by atoms with Gasteiger partial charge in [-0.3, -0.25) is 0 Å². The van der Waals surface area contributed by atoms with Crippen LogP contribution in [0, 0.1) is 0 Å². The first kappa shape index (κ1) is 22.1. The van der Waals surface area contributed by atoms with Gasteiger partial charge in [-0.2, -0.15) is 0 Å². The minimum atomic E-state index is 0.892. The van der Waals surface area contributed by atoms with E-state index in [0.717, 1.165) is 38.6 Å².